The summed E-state index contributed by atoms with van der Waals surface area (Å²) in [7, 11) is 0. The Kier molecular flexibility index (Phi) is 5.21. The molecular weight excluding hydrogens is 378 g/mol. The molecule has 2 aliphatic rings. The molecule has 0 radical (unpaired) electrons. The first-order valence-electron chi connectivity index (χ1n) is 10.9. The maximum atomic E-state index is 12.2. The molecule has 0 bridgehead atoms. The number of fused-ring (bicyclic) bond motifs is 2. The van der Waals surface area contributed by atoms with Crippen molar-refractivity contribution in [2.24, 2.45) is 0 Å². The van der Waals surface area contributed by atoms with Gasteiger partial charge < -0.3 is 13.9 Å². The van der Waals surface area contributed by atoms with Crippen molar-refractivity contribution in [3.63, 3.8) is 0 Å². The molecule has 0 spiro atoms. The first kappa shape index (κ1) is 19.2. The molecular formula is C25H27NO4. The number of nitrogens with zero attached hydrogens (tertiary/aromatic N) is 1. The van der Waals surface area contributed by atoms with E-state index in [-0.39, 0.29) is 5.63 Å². The number of aryl methyl sites for hydroxylation is 1. The van der Waals surface area contributed by atoms with Gasteiger partial charge in [-0.25, -0.2) is 4.79 Å². The molecule has 30 heavy (non-hydrogen) atoms. The minimum Gasteiger partial charge on any atom is -0.490 e. The molecule has 1 fully saturated rings. The van der Waals surface area contributed by atoms with Gasteiger partial charge in [0.15, 0.2) is 11.5 Å². The van der Waals surface area contributed by atoms with Crippen LogP contribution in [0.1, 0.15) is 48.9 Å². The van der Waals surface area contributed by atoms with Gasteiger partial charge >= 0.3 is 5.63 Å². The summed E-state index contributed by atoms with van der Waals surface area (Å²) in [6, 6.07) is 14.5. The minimum atomic E-state index is -0.280. The zero-order valence-corrected chi connectivity index (χ0v) is 17.4. The van der Waals surface area contributed by atoms with E-state index in [4.69, 9.17) is 13.9 Å². The molecule has 1 aromatic heterocycles. The van der Waals surface area contributed by atoms with E-state index in [1.54, 1.807) is 6.07 Å². The van der Waals surface area contributed by atoms with Crippen LogP contribution >= 0.6 is 0 Å². The third-order valence-corrected chi connectivity index (χ3v) is 6.20. The van der Waals surface area contributed by atoms with Crippen molar-refractivity contribution in [1.29, 1.82) is 0 Å². The van der Waals surface area contributed by atoms with Gasteiger partial charge in [-0.3, -0.25) is 4.90 Å². The van der Waals surface area contributed by atoms with E-state index in [1.807, 2.05) is 12.1 Å². The molecule has 1 saturated heterocycles. The molecule has 5 heteroatoms. The summed E-state index contributed by atoms with van der Waals surface area (Å²) in [5.41, 5.74) is 3.86. The first-order chi connectivity index (χ1) is 14.7. The van der Waals surface area contributed by atoms with Crippen LogP contribution in [0, 0.1) is 0 Å². The second kappa shape index (κ2) is 8.15. The second-order valence-electron chi connectivity index (χ2n) is 8.16. The Balaban J connectivity index is 1.45. The lowest BCUT2D eigenvalue weighted by molar-refractivity contribution is 0.248. The molecule has 0 saturated carbocycles. The molecule has 0 aliphatic carbocycles. The highest BCUT2D eigenvalue weighted by molar-refractivity contribution is 5.80. The molecule has 2 aliphatic heterocycles. The van der Waals surface area contributed by atoms with E-state index >= 15 is 0 Å². The summed E-state index contributed by atoms with van der Waals surface area (Å²) in [5, 5.41) is 1.02. The summed E-state index contributed by atoms with van der Waals surface area (Å²) in [6.45, 7) is 5.23. The largest absolute Gasteiger partial charge is 0.490 e. The maximum Gasteiger partial charge on any atom is 0.336 e. The lowest BCUT2D eigenvalue weighted by atomic mass is 10.0. The van der Waals surface area contributed by atoms with Crippen LogP contribution in [-0.4, -0.2) is 24.7 Å². The van der Waals surface area contributed by atoms with Crippen molar-refractivity contribution in [3.8, 4) is 11.5 Å². The SMILES string of the molecule is CCc1ccc2c(CN3CCC[C@@H]3c3ccc4c(c3)OCCCO4)cc(=O)oc2c1. The molecule has 5 rings (SSSR count). The Morgan fingerprint density at radius 3 is 2.73 bits per heavy atom. The monoisotopic (exact) mass is 405 g/mol. The van der Waals surface area contributed by atoms with Gasteiger partial charge in [-0.15, -0.1) is 0 Å². The van der Waals surface area contributed by atoms with Crippen molar-refractivity contribution in [1.82, 2.24) is 4.90 Å². The first-order valence-corrected chi connectivity index (χ1v) is 10.9. The highest BCUT2D eigenvalue weighted by Crippen LogP contribution is 2.38. The third-order valence-electron chi connectivity index (χ3n) is 6.20. The lowest BCUT2D eigenvalue weighted by Crippen LogP contribution is -2.23. The van der Waals surface area contributed by atoms with Crippen LogP contribution in [0.5, 0.6) is 11.5 Å². The normalized spacial score (nSPS) is 19.2. The van der Waals surface area contributed by atoms with Crippen molar-refractivity contribution in [3.05, 3.63) is 69.6 Å². The minimum absolute atomic E-state index is 0.280. The second-order valence-corrected chi connectivity index (χ2v) is 8.16. The Hall–Kier alpha value is -2.79. The van der Waals surface area contributed by atoms with Crippen molar-refractivity contribution in [2.45, 2.75) is 45.2 Å². The van der Waals surface area contributed by atoms with Gasteiger partial charge in [-0.1, -0.05) is 25.1 Å². The molecule has 156 valence electrons. The topological polar surface area (TPSA) is 51.9 Å². The highest BCUT2D eigenvalue weighted by Gasteiger charge is 2.28. The van der Waals surface area contributed by atoms with Crippen LogP contribution in [0.3, 0.4) is 0 Å². The molecule has 5 nitrogen and oxygen atoms in total. The Morgan fingerprint density at radius 1 is 1.00 bits per heavy atom. The highest BCUT2D eigenvalue weighted by atomic mass is 16.5. The van der Waals surface area contributed by atoms with Gasteiger partial charge in [-0.2, -0.15) is 0 Å². The summed E-state index contributed by atoms with van der Waals surface area (Å²) in [6.07, 6.45) is 4.06. The van der Waals surface area contributed by atoms with Gasteiger partial charge in [0.05, 0.1) is 13.2 Å². The average molecular weight is 405 g/mol. The number of likely N-dealkylation sites (tertiary alicyclic amines) is 1. The Bertz CT molecular complexity index is 1120. The van der Waals surface area contributed by atoms with Gasteiger partial charge in [0, 0.05) is 30.5 Å². The summed E-state index contributed by atoms with van der Waals surface area (Å²) >= 11 is 0. The van der Waals surface area contributed by atoms with Gasteiger partial charge in [-0.05, 0) is 60.7 Å². The van der Waals surface area contributed by atoms with Gasteiger partial charge in [0.1, 0.15) is 5.58 Å². The summed E-state index contributed by atoms with van der Waals surface area (Å²) in [4.78, 5) is 14.7. The van der Waals surface area contributed by atoms with Crippen LogP contribution in [0.15, 0.2) is 51.7 Å². The van der Waals surface area contributed by atoms with E-state index < -0.39 is 0 Å². The fourth-order valence-corrected chi connectivity index (χ4v) is 4.62. The van der Waals surface area contributed by atoms with Crippen molar-refractivity contribution < 1.29 is 13.9 Å². The summed E-state index contributed by atoms with van der Waals surface area (Å²) in [5.74, 6) is 1.67. The Labute approximate surface area is 176 Å². The molecule has 0 amide bonds. The maximum absolute atomic E-state index is 12.2. The van der Waals surface area contributed by atoms with Gasteiger partial charge in [0.25, 0.3) is 0 Å². The molecule has 2 aromatic carbocycles. The number of hydrogen-bond acceptors (Lipinski definition) is 5. The van der Waals surface area contributed by atoms with E-state index in [0.29, 0.717) is 24.8 Å². The van der Waals surface area contributed by atoms with E-state index in [2.05, 4.69) is 36.1 Å². The molecule has 0 N–H and O–H groups in total. The molecule has 0 unspecified atom stereocenters. The van der Waals surface area contributed by atoms with E-state index in [0.717, 1.165) is 61.2 Å². The number of rotatable bonds is 4. The zero-order chi connectivity index (χ0) is 20.5. The number of hydrogen-bond donors (Lipinski definition) is 0. The quantitative estimate of drug-likeness (QED) is 0.581. The molecule has 1 atom stereocenters. The van der Waals surface area contributed by atoms with E-state index in [1.165, 1.54) is 11.1 Å². The number of ether oxygens (including phenoxy) is 2. The van der Waals surface area contributed by atoms with Crippen molar-refractivity contribution >= 4 is 11.0 Å². The van der Waals surface area contributed by atoms with Gasteiger partial charge in [0.2, 0.25) is 0 Å². The fraction of sp³-hybridized carbons (Fsp3) is 0.400. The standard InChI is InChI=1S/C25H27NO4/c1-2-17-6-8-20-19(15-25(27)30-23(20)13-17)16-26-10-3-5-21(26)18-7-9-22-24(14-18)29-12-4-11-28-22/h6-9,13-15,21H,2-5,10-12,16H2,1H3/t21-/m1/s1. The van der Waals surface area contributed by atoms with Crippen molar-refractivity contribution in [2.75, 3.05) is 19.8 Å². The molecule has 3 aromatic rings. The smallest absolute Gasteiger partial charge is 0.336 e. The average Bonchev–Trinajstić information content (AvgIpc) is 3.08. The lowest BCUT2D eigenvalue weighted by Gasteiger charge is -2.26. The van der Waals surface area contributed by atoms with Crippen LogP contribution in [0.2, 0.25) is 0 Å². The molecule has 3 heterocycles. The summed E-state index contributed by atoms with van der Waals surface area (Å²) < 4.78 is 17.2. The van der Waals surface area contributed by atoms with E-state index in [9.17, 15) is 4.79 Å². The fourth-order valence-electron chi connectivity index (χ4n) is 4.62. The van der Waals surface area contributed by atoms with Crippen LogP contribution < -0.4 is 15.1 Å². The Morgan fingerprint density at radius 2 is 1.87 bits per heavy atom. The third kappa shape index (κ3) is 3.70. The van der Waals surface area contributed by atoms with Crippen LogP contribution in [0.25, 0.3) is 11.0 Å². The predicted octanol–water partition coefficient (Wildman–Crippen LogP) is 4.85. The number of benzene rings is 2. The van der Waals surface area contributed by atoms with Crippen LogP contribution in [-0.2, 0) is 13.0 Å². The predicted molar refractivity (Wildman–Crippen MR) is 116 cm³/mol. The zero-order valence-electron chi connectivity index (χ0n) is 17.4. The van der Waals surface area contributed by atoms with Crippen LogP contribution in [0.4, 0.5) is 0 Å².